The van der Waals surface area contributed by atoms with Crippen molar-refractivity contribution >= 4 is 5.91 Å². The third-order valence-electron chi connectivity index (χ3n) is 5.81. The van der Waals surface area contributed by atoms with Crippen molar-refractivity contribution in [2.24, 2.45) is 0 Å². The normalized spacial score (nSPS) is 15.5. The molecule has 3 heterocycles. The van der Waals surface area contributed by atoms with Gasteiger partial charge in [0.2, 0.25) is 0 Å². The zero-order valence-electron chi connectivity index (χ0n) is 17.5. The molecule has 4 aromatic rings. The van der Waals surface area contributed by atoms with Crippen LogP contribution in [-0.2, 0) is 6.54 Å². The number of fused-ring (bicyclic) bond motifs is 1. The summed E-state index contributed by atoms with van der Waals surface area (Å²) < 4.78 is 9.21. The van der Waals surface area contributed by atoms with Gasteiger partial charge in [-0.05, 0) is 36.8 Å². The van der Waals surface area contributed by atoms with Crippen molar-refractivity contribution in [1.29, 1.82) is 0 Å². The van der Waals surface area contributed by atoms with Crippen LogP contribution < -0.4 is 4.74 Å². The number of aromatic nitrogens is 4. The maximum absolute atomic E-state index is 13.7. The first-order chi connectivity index (χ1) is 15.2. The SMILES string of the molecule is COc1cccc(-n2nnc(C(=O)N3CCn4cccc4C3c3ccccc3)c2C)c1. The standard InChI is InChI=1S/C24H23N5O2/c1-17-22(25-26-29(17)19-10-6-11-20(16-19)31-2)24(30)28-15-14-27-13-7-12-21(27)23(28)18-8-4-3-5-9-18/h3-13,16,23H,14-15H2,1-2H3. The molecule has 1 amide bonds. The Bertz CT molecular complexity index is 1230. The van der Waals surface area contributed by atoms with Crippen LogP contribution in [0, 0.1) is 6.92 Å². The Hall–Kier alpha value is -3.87. The van der Waals surface area contributed by atoms with Gasteiger partial charge in [-0.2, -0.15) is 0 Å². The second-order valence-corrected chi connectivity index (χ2v) is 7.57. The molecule has 1 aliphatic heterocycles. The van der Waals surface area contributed by atoms with E-state index in [2.05, 4.69) is 39.3 Å². The van der Waals surface area contributed by atoms with E-state index in [9.17, 15) is 4.79 Å². The molecule has 0 fully saturated rings. The second kappa shape index (κ2) is 7.75. The Balaban J connectivity index is 1.53. The van der Waals surface area contributed by atoms with E-state index in [0.29, 0.717) is 17.9 Å². The third-order valence-corrected chi connectivity index (χ3v) is 5.81. The largest absolute Gasteiger partial charge is 0.497 e. The molecule has 0 bridgehead atoms. The van der Waals surface area contributed by atoms with Gasteiger partial charge < -0.3 is 14.2 Å². The van der Waals surface area contributed by atoms with Crippen LogP contribution in [0.1, 0.15) is 33.5 Å². The number of carbonyl (C=O) groups excluding carboxylic acids is 1. The van der Waals surface area contributed by atoms with Crippen LogP contribution in [-0.4, -0.2) is 44.0 Å². The second-order valence-electron chi connectivity index (χ2n) is 7.57. The molecule has 0 radical (unpaired) electrons. The van der Waals surface area contributed by atoms with Crippen molar-refractivity contribution in [1.82, 2.24) is 24.5 Å². The molecule has 0 saturated heterocycles. The quantitative estimate of drug-likeness (QED) is 0.513. The molecule has 7 nitrogen and oxygen atoms in total. The molecule has 1 atom stereocenters. The number of hydrogen-bond donors (Lipinski definition) is 0. The highest BCUT2D eigenvalue weighted by Crippen LogP contribution is 2.33. The number of methoxy groups -OCH3 is 1. The monoisotopic (exact) mass is 413 g/mol. The van der Waals surface area contributed by atoms with Crippen LogP contribution in [0.2, 0.25) is 0 Å². The summed E-state index contributed by atoms with van der Waals surface area (Å²) in [5.41, 5.74) is 4.04. The molecule has 31 heavy (non-hydrogen) atoms. The van der Waals surface area contributed by atoms with Gasteiger partial charge >= 0.3 is 0 Å². The summed E-state index contributed by atoms with van der Waals surface area (Å²) in [6.45, 7) is 3.23. The van der Waals surface area contributed by atoms with Gasteiger partial charge in [-0.1, -0.05) is 41.6 Å². The lowest BCUT2D eigenvalue weighted by molar-refractivity contribution is 0.0657. The molecule has 0 aliphatic carbocycles. The van der Waals surface area contributed by atoms with Crippen LogP contribution in [0.25, 0.3) is 5.69 Å². The lowest BCUT2D eigenvalue weighted by Gasteiger charge is -2.37. The van der Waals surface area contributed by atoms with Crippen LogP contribution in [0.15, 0.2) is 72.9 Å². The molecule has 5 rings (SSSR count). The molecule has 2 aromatic heterocycles. The van der Waals surface area contributed by atoms with Gasteiger partial charge in [0.1, 0.15) is 5.75 Å². The fraction of sp³-hybridized carbons (Fsp3) is 0.208. The first-order valence-corrected chi connectivity index (χ1v) is 10.2. The molecular formula is C24H23N5O2. The molecule has 1 unspecified atom stereocenters. The van der Waals surface area contributed by atoms with Gasteiger partial charge in [-0.15, -0.1) is 5.10 Å². The number of hydrogen-bond acceptors (Lipinski definition) is 4. The summed E-state index contributed by atoms with van der Waals surface area (Å²) in [7, 11) is 1.62. The van der Waals surface area contributed by atoms with Crippen LogP contribution in [0.3, 0.4) is 0 Å². The Kier molecular flexibility index (Phi) is 4.78. The fourth-order valence-electron chi connectivity index (χ4n) is 4.24. The Morgan fingerprint density at radius 2 is 1.87 bits per heavy atom. The van der Waals surface area contributed by atoms with Crippen LogP contribution >= 0.6 is 0 Å². The van der Waals surface area contributed by atoms with Gasteiger partial charge in [0.25, 0.3) is 5.91 Å². The third kappa shape index (κ3) is 3.28. The molecule has 0 spiro atoms. The van der Waals surface area contributed by atoms with Crippen molar-refractivity contribution in [3.05, 3.63) is 95.6 Å². The van der Waals surface area contributed by atoms with E-state index in [1.165, 1.54) is 0 Å². The first-order valence-electron chi connectivity index (χ1n) is 10.2. The predicted molar refractivity (Wildman–Crippen MR) is 116 cm³/mol. The average molecular weight is 413 g/mol. The van der Waals surface area contributed by atoms with E-state index in [1.54, 1.807) is 11.8 Å². The molecule has 2 aromatic carbocycles. The summed E-state index contributed by atoms with van der Waals surface area (Å²) in [4.78, 5) is 15.6. The number of ether oxygens (including phenoxy) is 1. The van der Waals surface area contributed by atoms with Crippen molar-refractivity contribution in [2.45, 2.75) is 19.5 Å². The summed E-state index contributed by atoms with van der Waals surface area (Å²) in [6.07, 6.45) is 2.07. The zero-order valence-corrected chi connectivity index (χ0v) is 17.5. The Morgan fingerprint density at radius 1 is 1.03 bits per heavy atom. The summed E-state index contributed by atoms with van der Waals surface area (Å²) in [5.74, 6) is 0.606. The number of rotatable bonds is 4. The van der Waals surface area contributed by atoms with E-state index >= 15 is 0 Å². The molecule has 156 valence electrons. The van der Waals surface area contributed by atoms with E-state index in [4.69, 9.17) is 4.74 Å². The number of amides is 1. The first kappa shape index (κ1) is 19.1. The average Bonchev–Trinajstić information content (AvgIpc) is 3.45. The number of nitrogens with zero attached hydrogens (tertiary/aromatic N) is 5. The molecular weight excluding hydrogens is 390 g/mol. The fourth-order valence-corrected chi connectivity index (χ4v) is 4.24. The summed E-state index contributed by atoms with van der Waals surface area (Å²) >= 11 is 0. The lowest BCUT2D eigenvalue weighted by atomic mass is 9.99. The van der Waals surface area contributed by atoms with Crippen molar-refractivity contribution < 1.29 is 9.53 Å². The highest BCUT2D eigenvalue weighted by molar-refractivity contribution is 5.94. The minimum Gasteiger partial charge on any atom is -0.497 e. The van der Waals surface area contributed by atoms with Crippen molar-refractivity contribution in [3.63, 3.8) is 0 Å². The van der Waals surface area contributed by atoms with Gasteiger partial charge in [0.05, 0.1) is 24.5 Å². The van der Waals surface area contributed by atoms with E-state index in [1.807, 2.05) is 60.4 Å². The number of benzene rings is 2. The molecule has 7 heteroatoms. The summed E-state index contributed by atoms with van der Waals surface area (Å²) in [6, 6.07) is 21.6. The van der Waals surface area contributed by atoms with Gasteiger partial charge in [-0.3, -0.25) is 4.79 Å². The van der Waals surface area contributed by atoms with Crippen LogP contribution in [0.4, 0.5) is 0 Å². The minimum absolute atomic E-state index is 0.118. The number of carbonyl (C=O) groups is 1. The van der Waals surface area contributed by atoms with Gasteiger partial charge in [0, 0.05) is 31.0 Å². The highest BCUT2D eigenvalue weighted by atomic mass is 16.5. The topological polar surface area (TPSA) is 65.2 Å². The van der Waals surface area contributed by atoms with Gasteiger partial charge in [-0.25, -0.2) is 4.68 Å². The predicted octanol–water partition coefficient (Wildman–Crippen LogP) is 3.63. The van der Waals surface area contributed by atoms with Crippen molar-refractivity contribution in [3.8, 4) is 11.4 Å². The highest BCUT2D eigenvalue weighted by Gasteiger charge is 2.34. The van der Waals surface area contributed by atoms with Gasteiger partial charge in [0.15, 0.2) is 5.69 Å². The molecule has 1 aliphatic rings. The Morgan fingerprint density at radius 3 is 2.68 bits per heavy atom. The van der Waals surface area contributed by atoms with Crippen molar-refractivity contribution in [2.75, 3.05) is 13.7 Å². The Labute approximate surface area is 180 Å². The van der Waals surface area contributed by atoms with E-state index in [-0.39, 0.29) is 11.9 Å². The van der Waals surface area contributed by atoms with Crippen LogP contribution in [0.5, 0.6) is 5.75 Å². The maximum Gasteiger partial charge on any atom is 0.277 e. The maximum atomic E-state index is 13.7. The lowest BCUT2D eigenvalue weighted by Crippen LogP contribution is -2.42. The zero-order chi connectivity index (χ0) is 21.4. The summed E-state index contributed by atoms with van der Waals surface area (Å²) in [5, 5.41) is 8.54. The van der Waals surface area contributed by atoms with E-state index < -0.39 is 0 Å². The molecule has 0 N–H and O–H groups in total. The minimum atomic E-state index is -0.168. The molecule has 0 saturated carbocycles. The smallest absolute Gasteiger partial charge is 0.277 e. The van der Waals surface area contributed by atoms with E-state index in [0.717, 1.165) is 29.2 Å².